The highest BCUT2D eigenvalue weighted by Crippen LogP contribution is 2.33. The van der Waals surface area contributed by atoms with Gasteiger partial charge in [0.05, 0.1) is 4.92 Å². The molecule has 0 atom stereocenters. The van der Waals surface area contributed by atoms with Gasteiger partial charge in [-0.05, 0) is 27.3 Å². The summed E-state index contributed by atoms with van der Waals surface area (Å²) < 4.78 is 0. The van der Waals surface area contributed by atoms with Crippen LogP contribution >= 0.6 is 53.5 Å². The van der Waals surface area contributed by atoms with Crippen molar-refractivity contribution >= 4 is 64.9 Å². The highest BCUT2D eigenvalue weighted by molar-refractivity contribution is 14.2. The largest absolute Gasteiger partial charge is 0.393 e. The standard InChI is InChI=1S/C9H10ClIN2O2S2.C2H6/c10-7-1-2-8(13(14)15)9(12)6(7)5-16-3-4-17-11;1-2/h1-2H,3-5,12H2;1-2H3. The Morgan fingerprint density at radius 2 is 2.05 bits per heavy atom. The van der Waals surface area contributed by atoms with E-state index in [1.807, 2.05) is 13.8 Å². The Kier molecular flexibility index (Phi) is 11.0. The molecule has 0 saturated heterocycles. The van der Waals surface area contributed by atoms with Crippen LogP contribution < -0.4 is 5.73 Å². The van der Waals surface area contributed by atoms with Crippen LogP contribution in [0.3, 0.4) is 0 Å². The second-order valence-electron chi connectivity index (χ2n) is 3.08. The van der Waals surface area contributed by atoms with E-state index in [9.17, 15) is 10.1 Å². The third kappa shape index (κ3) is 6.42. The Morgan fingerprint density at radius 1 is 1.42 bits per heavy atom. The molecule has 0 aromatic heterocycles. The third-order valence-corrected chi connectivity index (χ3v) is 5.30. The van der Waals surface area contributed by atoms with Crippen LogP contribution in [0.4, 0.5) is 11.4 Å². The molecule has 0 saturated carbocycles. The number of halogens is 2. The van der Waals surface area contributed by atoms with E-state index in [2.05, 4.69) is 21.2 Å². The molecule has 1 aromatic carbocycles. The van der Waals surface area contributed by atoms with Crippen molar-refractivity contribution in [2.75, 3.05) is 17.2 Å². The molecule has 19 heavy (non-hydrogen) atoms. The SMILES string of the molecule is CC.Nc1c([N+](=O)[O-])ccc(Cl)c1CSCCSI. The minimum absolute atomic E-state index is 0.0757. The maximum absolute atomic E-state index is 10.7. The van der Waals surface area contributed by atoms with Gasteiger partial charge in [-0.2, -0.15) is 11.8 Å². The van der Waals surface area contributed by atoms with Crippen LogP contribution in [0, 0.1) is 10.1 Å². The second kappa shape index (κ2) is 10.9. The lowest BCUT2D eigenvalue weighted by molar-refractivity contribution is -0.383. The lowest BCUT2D eigenvalue weighted by Crippen LogP contribution is -2.00. The molecule has 108 valence electrons. The summed E-state index contributed by atoms with van der Waals surface area (Å²) >= 11 is 9.90. The molecule has 1 rings (SSSR count). The molecule has 0 radical (unpaired) electrons. The number of hydrogen-bond acceptors (Lipinski definition) is 5. The van der Waals surface area contributed by atoms with E-state index >= 15 is 0 Å². The first kappa shape index (κ1) is 19.1. The fourth-order valence-electron chi connectivity index (χ4n) is 1.20. The molecule has 0 aliphatic carbocycles. The van der Waals surface area contributed by atoms with Gasteiger partial charge < -0.3 is 5.73 Å². The van der Waals surface area contributed by atoms with Crippen molar-refractivity contribution in [1.82, 2.24) is 0 Å². The first-order valence-electron chi connectivity index (χ1n) is 5.60. The zero-order valence-corrected chi connectivity index (χ0v) is 15.2. The molecule has 2 N–H and O–H groups in total. The van der Waals surface area contributed by atoms with Gasteiger partial charge in [-0.3, -0.25) is 10.1 Å². The van der Waals surface area contributed by atoms with E-state index in [4.69, 9.17) is 17.3 Å². The molecule has 0 bridgehead atoms. The lowest BCUT2D eigenvalue weighted by atomic mass is 10.2. The van der Waals surface area contributed by atoms with Crippen molar-refractivity contribution in [2.24, 2.45) is 0 Å². The maximum atomic E-state index is 10.7. The monoisotopic (exact) mass is 434 g/mol. The first-order valence-corrected chi connectivity index (χ1v) is 10.7. The number of nitro benzene ring substituents is 1. The number of hydrogen-bond donors (Lipinski definition) is 1. The van der Waals surface area contributed by atoms with E-state index in [0.29, 0.717) is 16.3 Å². The summed E-state index contributed by atoms with van der Waals surface area (Å²) in [7, 11) is 1.73. The average Bonchev–Trinajstić information content (AvgIpc) is 2.39. The molecule has 8 heteroatoms. The minimum atomic E-state index is -0.486. The fourth-order valence-corrected chi connectivity index (χ4v) is 4.51. The molecule has 0 fully saturated rings. The zero-order valence-electron chi connectivity index (χ0n) is 10.7. The molecule has 0 aliphatic rings. The number of nitrogens with zero attached hydrogens (tertiary/aromatic N) is 1. The zero-order chi connectivity index (χ0) is 14.8. The number of benzene rings is 1. The Hall–Kier alpha value is 0.140. The van der Waals surface area contributed by atoms with Crippen molar-refractivity contribution in [3.63, 3.8) is 0 Å². The van der Waals surface area contributed by atoms with Gasteiger partial charge in [0.1, 0.15) is 5.69 Å². The summed E-state index contributed by atoms with van der Waals surface area (Å²) in [5.74, 6) is 2.59. The summed E-state index contributed by atoms with van der Waals surface area (Å²) in [5.41, 5.74) is 6.51. The fraction of sp³-hybridized carbons (Fsp3) is 0.455. The van der Waals surface area contributed by atoms with E-state index in [1.165, 1.54) is 12.1 Å². The summed E-state index contributed by atoms with van der Waals surface area (Å²) in [6, 6.07) is 2.87. The third-order valence-electron chi connectivity index (χ3n) is 2.02. The van der Waals surface area contributed by atoms with Crippen LogP contribution in [0.5, 0.6) is 0 Å². The molecule has 4 nitrogen and oxygen atoms in total. The topological polar surface area (TPSA) is 69.2 Å². The number of nitro groups is 1. The van der Waals surface area contributed by atoms with Gasteiger partial charge in [-0.15, -0.1) is 0 Å². The van der Waals surface area contributed by atoms with Crippen molar-refractivity contribution in [2.45, 2.75) is 19.6 Å². The summed E-state index contributed by atoms with van der Waals surface area (Å²) in [6.45, 7) is 4.00. The molecule has 0 amide bonds. The average molecular weight is 435 g/mol. The van der Waals surface area contributed by atoms with Gasteiger partial charge in [0.25, 0.3) is 5.69 Å². The minimum Gasteiger partial charge on any atom is -0.393 e. The smallest absolute Gasteiger partial charge is 0.292 e. The van der Waals surface area contributed by atoms with Gasteiger partial charge in [-0.1, -0.05) is 34.4 Å². The molecule has 0 unspecified atom stereocenters. The van der Waals surface area contributed by atoms with Crippen LogP contribution in [-0.2, 0) is 5.75 Å². The Labute approximate surface area is 139 Å². The van der Waals surface area contributed by atoms with Gasteiger partial charge in [0, 0.05) is 33.9 Å². The van der Waals surface area contributed by atoms with Gasteiger partial charge >= 0.3 is 0 Å². The molecule has 1 aromatic rings. The summed E-state index contributed by atoms with van der Waals surface area (Å²) in [5, 5.41) is 11.2. The normalized spacial score (nSPS) is 9.68. The Bertz CT molecular complexity index is 422. The van der Waals surface area contributed by atoms with Gasteiger partial charge in [0.2, 0.25) is 0 Å². The predicted molar refractivity (Wildman–Crippen MR) is 96.5 cm³/mol. The maximum Gasteiger partial charge on any atom is 0.292 e. The number of thioether (sulfide) groups is 1. The van der Waals surface area contributed by atoms with Crippen molar-refractivity contribution < 1.29 is 4.92 Å². The molecular formula is C11H16ClIN2O2S2. The summed E-state index contributed by atoms with van der Waals surface area (Å²) in [4.78, 5) is 10.2. The van der Waals surface area contributed by atoms with Crippen molar-refractivity contribution in [3.8, 4) is 0 Å². The van der Waals surface area contributed by atoms with Crippen LogP contribution in [0.15, 0.2) is 12.1 Å². The summed E-state index contributed by atoms with van der Waals surface area (Å²) in [6.07, 6.45) is 0. The first-order chi connectivity index (χ1) is 9.07. The van der Waals surface area contributed by atoms with Crippen LogP contribution in [0.25, 0.3) is 0 Å². The lowest BCUT2D eigenvalue weighted by Gasteiger charge is -2.07. The molecular weight excluding hydrogens is 419 g/mol. The van der Waals surface area contributed by atoms with Crippen molar-refractivity contribution in [3.05, 3.63) is 32.8 Å². The Morgan fingerprint density at radius 3 is 2.58 bits per heavy atom. The van der Waals surface area contributed by atoms with E-state index < -0.39 is 4.92 Å². The van der Waals surface area contributed by atoms with Crippen LogP contribution in [-0.4, -0.2) is 16.4 Å². The van der Waals surface area contributed by atoms with E-state index in [0.717, 1.165) is 11.5 Å². The van der Waals surface area contributed by atoms with Crippen LogP contribution in [0.1, 0.15) is 19.4 Å². The number of nitrogens with two attached hydrogens (primary N) is 1. The highest BCUT2D eigenvalue weighted by atomic mass is 127. The van der Waals surface area contributed by atoms with Gasteiger partial charge in [0.15, 0.2) is 0 Å². The highest BCUT2D eigenvalue weighted by Gasteiger charge is 2.17. The van der Waals surface area contributed by atoms with Crippen LogP contribution in [0.2, 0.25) is 5.02 Å². The predicted octanol–water partition coefficient (Wildman–Crippen LogP) is 5.17. The van der Waals surface area contributed by atoms with Gasteiger partial charge in [-0.25, -0.2) is 0 Å². The molecule has 0 aliphatic heterocycles. The number of anilines is 1. The number of nitrogen functional groups attached to an aromatic ring is 1. The second-order valence-corrected chi connectivity index (χ2v) is 7.09. The molecule has 0 heterocycles. The van der Waals surface area contributed by atoms with E-state index in [1.54, 1.807) is 20.7 Å². The van der Waals surface area contributed by atoms with E-state index in [-0.39, 0.29) is 11.4 Å². The Balaban J connectivity index is 0.00000154. The quantitative estimate of drug-likeness (QED) is 0.220. The van der Waals surface area contributed by atoms with Crippen molar-refractivity contribution in [1.29, 1.82) is 0 Å². The molecule has 0 spiro atoms. The number of rotatable bonds is 6.